The normalized spacial score (nSPS) is 9.35. The molecule has 3 rings (SSSR count). The topological polar surface area (TPSA) is 44.0 Å². The van der Waals surface area contributed by atoms with Crippen molar-refractivity contribution in [3.8, 4) is 5.69 Å². The van der Waals surface area contributed by atoms with E-state index in [0.29, 0.717) is 11.4 Å². The van der Waals surface area contributed by atoms with Gasteiger partial charge in [-0.1, -0.05) is 77.9 Å². The molecule has 31 heavy (non-hydrogen) atoms. The van der Waals surface area contributed by atoms with Gasteiger partial charge in [0.25, 0.3) is 5.56 Å². The van der Waals surface area contributed by atoms with Gasteiger partial charge in [0, 0.05) is 18.8 Å². The van der Waals surface area contributed by atoms with Crippen molar-refractivity contribution in [3.63, 3.8) is 0 Å². The number of aromatic nitrogens is 2. The zero-order valence-corrected chi connectivity index (χ0v) is 21.0. The Morgan fingerprint density at radius 2 is 1.29 bits per heavy atom. The van der Waals surface area contributed by atoms with Crippen molar-refractivity contribution in [2.75, 3.05) is 0 Å². The second-order valence-electron chi connectivity index (χ2n) is 6.53. The van der Waals surface area contributed by atoms with Gasteiger partial charge in [0.05, 0.1) is 5.69 Å². The Morgan fingerprint density at radius 3 is 1.84 bits per heavy atom. The zero-order valence-electron chi connectivity index (χ0n) is 21.0. The van der Waals surface area contributed by atoms with Gasteiger partial charge in [0.2, 0.25) is 0 Å². The van der Waals surface area contributed by atoms with Gasteiger partial charge in [-0.25, -0.2) is 9.36 Å². The lowest BCUT2D eigenvalue weighted by Gasteiger charge is -2.15. The van der Waals surface area contributed by atoms with Crippen molar-refractivity contribution >= 4 is 0 Å². The summed E-state index contributed by atoms with van der Waals surface area (Å²) in [6.07, 6.45) is 0.765. The highest BCUT2D eigenvalue weighted by molar-refractivity contribution is 5.48. The first kappa shape index (κ1) is 28.1. The van der Waals surface area contributed by atoms with Crippen LogP contribution in [0.2, 0.25) is 0 Å². The van der Waals surface area contributed by atoms with Gasteiger partial charge < -0.3 is 4.57 Å². The minimum Gasteiger partial charge on any atom is -0.301 e. The van der Waals surface area contributed by atoms with E-state index < -0.39 is 0 Å². The Morgan fingerprint density at radius 1 is 0.742 bits per heavy atom. The summed E-state index contributed by atoms with van der Waals surface area (Å²) in [5.74, 6) is 0. The third-order valence-corrected chi connectivity index (χ3v) is 4.69. The summed E-state index contributed by atoms with van der Waals surface area (Å²) in [7, 11) is 1.68. The summed E-state index contributed by atoms with van der Waals surface area (Å²) < 4.78 is 2.76. The molecule has 0 N–H and O–H groups in total. The maximum absolute atomic E-state index is 12.6. The molecule has 4 heteroatoms. The molecule has 0 radical (unpaired) electrons. The van der Waals surface area contributed by atoms with Gasteiger partial charge in [-0.15, -0.1) is 0 Å². The summed E-state index contributed by atoms with van der Waals surface area (Å²) in [6, 6.07) is 15.7. The van der Waals surface area contributed by atoms with Gasteiger partial charge in [0.1, 0.15) is 0 Å². The average Bonchev–Trinajstić information content (AvgIpc) is 2.80. The van der Waals surface area contributed by atoms with Crippen molar-refractivity contribution in [1.29, 1.82) is 0 Å². The summed E-state index contributed by atoms with van der Waals surface area (Å²) in [6.45, 7) is 17.8. The van der Waals surface area contributed by atoms with Crippen LogP contribution in [0.4, 0.5) is 0 Å². The number of rotatable bonds is 3. The molecular weight excluding hydrogens is 384 g/mol. The van der Waals surface area contributed by atoms with Gasteiger partial charge in [0.15, 0.2) is 0 Å². The van der Waals surface area contributed by atoms with E-state index in [0.717, 1.165) is 23.1 Å². The summed E-state index contributed by atoms with van der Waals surface area (Å²) in [5.41, 5.74) is 5.08. The quantitative estimate of drug-likeness (QED) is 0.507. The molecule has 170 valence electrons. The molecule has 0 aliphatic carbocycles. The van der Waals surface area contributed by atoms with E-state index in [1.807, 2.05) is 78.8 Å². The van der Waals surface area contributed by atoms with Crippen LogP contribution in [0.3, 0.4) is 0 Å². The van der Waals surface area contributed by atoms with E-state index >= 15 is 0 Å². The molecular formula is C27H40N2O2. The molecule has 3 aromatic rings. The Hall–Kier alpha value is -2.88. The molecule has 0 atom stereocenters. The van der Waals surface area contributed by atoms with Crippen LogP contribution in [0.1, 0.15) is 69.5 Å². The highest BCUT2D eigenvalue weighted by Crippen LogP contribution is 2.21. The summed E-state index contributed by atoms with van der Waals surface area (Å²) >= 11 is 0. The SMILES string of the molecule is CC.CC.CC.Cc1cc(C)c(-n2c(=O)cc(C)n(C)c2=O)cc1Cc1ccccc1. The third kappa shape index (κ3) is 7.09. The molecule has 0 saturated heterocycles. The Kier molecular flexibility index (Phi) is 12.9. The van der Waals surface area contributed by atoms with E-state index in [4.69, 9.17) is 0 Å². The van der Waals surface area contributed by atoms with E-state index in [2.05, 4.69) is 19.1 Å². The van der Waals surface area contributed by atoms with Crippen LogP contribution in [-0.2, 0) is 13.5 Å². The van der Waals surface area contributed by atoms with Crippen LogP contribution in [0.15, 0.2) is 58.1 Å². The lowest BCUT2D eigenvalue weighted by molar-refractivity contribution is 0.711. The molecule has 1 heterocycles. The summed E-state index contributed by atoms with van der Waals surface area (Å²) in [5, 5.41) is 0. The number of hydrogen-bond acceptors (Lipinski definition) is 2. The van der Waals surface area contributed by atoms with Crippen molar-refractivity contribution in [2.45, 2.75) is 68.7 Å². The molecule has 0 amide bonds. The molecule has 0 aliphatic heterocycles. The number of hydrogen-bond donors (Lipinski definition) is 0. The molecule has 0 unspecified atom stereocenters. The van der Waals surface area contributed by atoms with Gasteiger partial charge in [-0.2, -0.15) is 0 Å². The number of aryl methyl sites for hydroxylation is 3. The fourth-order valence-corrected chi connectivity index (χ4v) is 3.09. The smallest absolute Gasteiger partial charge is 0.301 e. The predicted octanol–water partition coefficient (Wildman–Crippen LogP) is 6.13. The van der Waals surface area contributed by atoms with Crippen LogP contribution in [0.25, 0.3) is 5.69 Å². The fourth-order valence-electron chi connectivity index (χ4n) is 3.09. The van der Waals surface area contributed by atoms with Crippen LogP contribution >= 0.6 is 0 Å². The predicted molar refractivity (Wildman–Crippen MR) is 135 cm³/mol. The van der Waals surface area contributed by atoms with E-state index in [-0.39, 0.29) is 11.2 Å². The fraction of sp³-hybridized carbons (Fsp3) is 0.407. The lowest BCUT2D eigenvalue weighted by atomic mass is 9.97. The molecule has 4 nitrogen and oxygen atoms in total. The second-order valence-corrected chi connectivity index (χ2v) is 6.53. The van der Waals surface area contributed by atoms with Crippen molar-refractivity contribution in [3.05, 3.63) is 97.3 Å². The van der Waals surface area contributed by atoms with Crippen LogP contribution in [0.5, 0.6) is 0 Å². The zero-order chi connectivity index (χ0) is 24.1. The van der Waals surface area contributed by atoms with E-state index in [1.54, 1.807) is 14.0 Å². The minimum atomic E-state index is -0.317. The van der Waals surface area contributed by atoms with E-state index in [1.165, 1.54) is 20.8 Å². The van der Waals surface area contributed by atoms with Crippen LogP contribution in [0, 0.1) is 20.8 Å². The van der Waals surface area contributed by atoms with Crippen molar-refractivity contribution in [1.82, 2.24) is 9.13 Å². The molecule has 2 aromatic carbocycles. The number of benzene rings is 2. The first-order chi connectivity index (χ1) is 14.9. The van der Waals surface area contributed by atoms with Gasteiger partial charge >= 0.3 is 5.69 Å². The Balaban J connectivity index is 0.00000138. The largest absolute Gasteiger partial charge is 0.335 e. The highest BCUT2D eigenvalue weighted by atomic mass is 16.2. The Labute approximate surface area is 188 Å². The maximum atomic E-state index is 12.6. The Bertz CT molecular complexity index is 1050. The lowest BCUT2D eigenvalue weighted by Crippen LogP contribution is -2.38. The molecule has 0 bridgehead atoms. The van der Waals surface area contributed by atoms with Crippen LogP contribution in [-0.4, -0.2) is 9.13 Å². The molecule has 1 aromatic heterocycles. The molecule has 0 aliphatic rings. The highest BCUT2D eigenvalue weighted by Gasteiger charge is 2.13. The molecule has 0 spiro atoms. The summed E-state index contributed by atoms with van der Waals surface area (Å²) in [4.78, 5) is 25.1. The average molecular weight is 425 g/mol. The third-order valence-electron chi connectivity index (χ3n) is 4.69. The number of nitrogens with zero attached hydrogens (tertiary/aromatic N) is 2. The second kappa shape index (κ2) is 14.2. The molecule has 0 fully saturated rings. The molecule has 0 saturated carbocycles. The van der Waals surface area contributed by atoms with Crippen molar-refractivity contribution < 1.29 is 0 Å². The minimum absolute atomic E-state index is 0.293. The first-order valence-electron chi connectivity index (χ1n) is 11.3. The maximum Gasteiger partial charge on any atom is 0.335 e. The van der Waals surface area contributed by atoms with Crippen molar-refractivity contribution in [2.24, 2.45) is 7.05 Å². The standard InChI is InChI=1S/C21H22N2O2.3C2H6/c1-14-10-15(2)19(13-18(14)12-17-8-6-5-7-9-17)23-20(24)11-16(3)22(4)21(23)25;3*1-2/h5-11,13H,12H2,1-4H3;3*1-2H3. The monoisotopic (exact) mass is 424 g/mol. The van der Waals surface area contributed by atoms with Crippen LogP contribution < -0.4 is 11.2 Å². The van der Waals surface area contributed by atoms with Gasteiger partial charge in [-0.05, 0) is 55.5 Å². The van der Waals surface area contributed by atoms with E-state index in [9.17, 15) is 9.59 Å². The first-order valence-corrected chi connectivity index (χ1v) is 11.3. The van der Waals surface area contributed by atoms with Gasteiger partial charge in [-0.3, -0.25) is 4.79 Å².